The minimum atomic E-state index is -1.40. The number of unbranched alkanes of at least 4 members (excludes halogenated alkanes) is 2. The van der Waals surface area contributed by atoms with Crippen LogP contribution in [0.5, 0.6) is 5.19 Å². The lowest BCUT2D eigenvalue weighted by Gasteiger charge is -2.03. The molecule has 0 saturated carbocycles. The molecule has 0 aliphatic carbocycles. The molecule has 0 aliphatic heterocycles. The molecule has 0 fully saturated rings. The van der Waals surface area contributed by atoms with Gasteiger partial charge in [0.25, 0.3) is 11.1 Å². The van der Waals surface area contributed by atoms with Crippen LogP contribution in [0.25, 0.3) is 0 Å². The number of carbonyl (C=O) groups is 1. The molecule has 7 heteroatoms. The maximum Gasteiger partial charge on any atom is 0.273 e. The molecule has 0 aliphatic rings. The molecule has 0 aromatic carbocycles. The molecule has 1 heterocycles. The fourth-order valence-electron chi connectivity index (χ4n) is 1.32. The van der Waals surface area contributed by atoms with Crippen LogP contribution in [-0.4, -0.2) is 40.5 Å². The lowest BCUT2D eigenvalue weighted by atomic mass is 10.2. The lowest BCUT2D eigenvalue weighted by molar-refractivity contribution is -0.0519. The van der Waals surface area contributed by atoms with Gasteiger partial charge in [-0.05, 0) is 12.8 Å². The van der Waals surface area contributed by atoms with Crippen LogP contribution in [0.2, 0.25) is 0 Å². The van der Waals surface area contributed by atoms with Crippen molar-refractivity contribution >= 4 is 17.2 Å². The molecule has 1 amide bonds. The smallest absolute Gasteiger partial charge is 0.273 e. The average Bonchev–Trinajstić information content (AvgIpc) is 2.87. The molecule has 20 heavy (non-hydrogen) atoms. The standard InChI is InChI=1S/C13H18N2O4S/c1-2-3-4-5-7-14-12(18)10-9-15-13(20-10)19-8-6-11(16)17/h1,9,11,16-17H,3-8H2,(H,14,18). The summed E-state index contributed by atoms with van der Waals surface area (Å²) in [5.41, 5.74) is 0. The van der Waals surface area contributed by atoms with Crippen molar-refractivity contribution < 1.29 is 19.7 Å². The van der Waals surface area contributed by atoms with E-state index in [1.54, 1.807) is 0 Å². The van der Waals surface area contributed by atoms with Crippen molar-refractivity contribution in [3.05, 3.63) is 11.1 Å². The van der Waals surface area contributed by atoms with E-state index in [0.29, 0.717) is 23.0 Å². The van der Waals surface area contributed by atoms with Gasteiger partial charge in [-0.1, -0.05) is 11.3 Å². The van der Waals surface area contributed by atoms with Gasteiger partial charge in [-0.2, -0.15) is 0 Å². The van der Waals surface area contributed by atoms with Gasteiger partial charge < -0.3 is 20.3 Å². The van der Waals surface area contributed by atoms with E-state index in [1.807, 2.05) is 0 Å². The number of nitrogens with one attached hydrogen (secondary N) is 1. The lowest BCUT2D eigenvalue weighted by Crippen LogP contribution is -2.23. The Morgan fingerprint density at radius 1 is 1.55 bits per heavy atom. The third-order valence-corrected chi connectivity index (χ3v) is 3.25. The van der Waals surface area contributed by atoms with Gasteiger partial charge in [-0.3, -0.25) is 4.79 Å². The van der Waals surface area contributed by atoms with Gasteiger partial charge in [0.1, 0.15) is 4.88 Å². The second-order valence-electron chi connectivity index (χ2n) is 4.03. The van der Waals surface area contributed by atoms with Crippen molar-refractivity contribution in [2.45, 2.75) is 32.0 Å². The second-order valence-corrected chi connectivity index (χ2v) is 5.02. The highest BCUT2D eigenvalue weighted by molar-refractivity contribution is 7.15. The van der Waals surface area contributed by atoms with Crippen LogP contribution in [0.3, 0.4) is 0 Å². The van der Waals surface area contributed by atoms with Crippen molar-refractivity contribution in [2.24, 2.45) is 0 Å². The van der Waals surface area contributed by atoms with Crippen molar-refractivity contribution in [3.63, 3.8) is 0 Å². The number of nitrogens with zero attached hydrogens (tertiary/aromatic N) is 1. The van der Waals surface area contributed by atoms with Crippen molar-refractivity contribution in [3.8, 4) is 17.5 Å². The fourth-order valence-corrected chi connectivity index (χ4v) is 2.03. The number of thiazole rings is 1. The zero-order valence-corrected chi connectivity index (χ0v) is 11.9. The first-order chi connectivity index (χ1) is 9.63. The van der Waals surface area contributed by atoms with Gasteiger partial charge in [-0.15, -0.1) is 12.3 Å². The van der Waals surface area contributed by atoms with Gasteiger partial charge >= 0.3 is 0 Å². The summed E-state index contributed by atoms with van der Waals surface area (Å²) in [5, 5.41) is 20.4. The summed E-state index contributed by atoms with van der Waals surface area (Å²) < 4.78 is 5.19. The molecule has 0 bridgehead atoms. The SMILES string of the molecule is C#CCCCCNC(=O)c1cnc(OCCC(O)O)s1. The maximum absolute atomic E-state index is 11.8. The predicted octanol–water partition coefficient (Wildman–Crippen LogP) is 0.756. The number of rotatable bonds is 9. The zero-order valence-electron chi connectivity index (χ0n) is 11.0. The number of hydrogen-bond donors (Lipinski definition) is 3. The van der Waals surface area contributed by atoms with Gasteiger partial charge in [-0.25, -0.2) is 4.98 Å². The normalized spacial score (nSPS) is 10.3. The first-order valence-electron chi connectivity index (χ1n) is 6.30. The van der Waals surface area contributed by atoms with Gasteiger partial charge in [0.05, 0.1) is 12.8 Å². The second kappa shape index (κ2) is 9.31. The minimum Gasteiger partial charge on any atom is -0.470 e. The van der Waals surface area contributed by atoms with Gasteiger partial charge in [0.15, 0.2) is 6.29 Å². The average molecular weight is 298 g/mol. The summed E-state index contributed by atoms with van der Waals surface area (Å²) in [7, 11) is 0. The summed E-state index contributed by atoms with van der Waals surface area (Å²) >= 11 is 1.12. The number of aliphatic hydroxyl groups is 2. The van der Waals surface area contributed by atoms with E-state index in [9.17, 15) is 4.79 Å². The molecule has 1 rings (SSSR count). The monoisotopic (exact) mass is 298 g/mol. The third-order valence-electron chi connectivity index (χ3n) is 2.34. The van der Waals surface area contributed by atoms with Crippen LogP contribution >= 0.6 is 11.3 Å². The van der Waals surface area contributed by atoms with E-state index >= 15 is 0 Å². The van der Waals surface area contributed by atoms with E-state index in [1.165, 1.54) is 6.20 Å². The molecule has 6 nitrogen and oxygen atoms in total. The maximum atomic E-state index is 11.8. The highest BCUT2D eigenvalue weighted by atomic mass is 32.1. The van der Waals surface area contributed by atoms with E-state index in [0.717, 1.165) is 24.2 Å². The van der Waals surface area contributed by atoms with E-state index in [4.69, 9.17) is 21.4 Å². The number of amides is 1. The van der Waals surface area contributed by atoms with Gasteiger partial charge in [0, 0.05) is 19.4 Å². The molecular formula is C13H18N2O4S. The Bertz CT molecular complexity index is 453. The molecule has 0 spiro atoms. The number of hydrogen-bond acceptors (Lipinski definition) is 6. The molecule has 110 valence electrons. The summed E-state index contributed by atoms with van der Waals surface area (Å²) in [4.78, 5) is 16.2. The fraction of sp³-hybridized carbons (Fsp3) is 0.538. The molecule has 1 aromatic rings. The quantitative estimate of drug-likeness (QED) is 0.355. The Morgan fingerprint density at radius 3 is 3.05 bits per heavy atom. The van der Waals surface area contributed by atoms with E-state index in [-0.39, 0.29) is 18.9 Å². The zero-order chi connectivity index (χ0) is 14.8. The first kappa shape index (κ1) is 16.4. The van der Waals surface area contributed by atoms with Crippen molar-refractivity contribution in [1.29, 1.82) is 0 Å². The Hall–Kier alpha value is -1.62. The Labute approximate surface area is 121 Å². The van der Waals surface area contributed by atoms with Crippen LogP contribution in [-0.2, 0) is 0 Å². The Balaban J connectivity index is 2.27. The third kappa shape index (κ3) is 6.52. The largest absolute Gasteiger partial charge is 0.470 e. The molecule has 0 radical (unpaired) electrons. The Morgan fingerprint density at radius 2 is 2.35 bits per heavy atom. The summed E-state index contributed by atoms with van der Waals surface area (Å²) in [5.74, 6) is 2.35. The molecule has 3 N–H and O–H groups in total. The highest BCUT2D eigenvalue weighted by Crippen LogP contribution is 2.20. The summed E-state index contributed by atoms with van der Waals surface area (Å²) in [6, 6.07) is 0. The van der Waals surface area contributed by atoms with Crippen LogP contribution in [0, 0.1) is 12.3 Å². The molecular weight excluding hydrogens is 280 g/mol. The van der Waals surface area contributed by atoms with Crippen LogP contribution in [0.1, 0.15) is 35.4 Å². The van der Waals surface area contributed by atoms with E-state index < -0.39 is 6.29 Å². The number of ether oxygens (including phenoxy) is 1. The van der Waals surface area contributed by atoms with Crippen LogP contribution in [0.15, 0.2) is 6.20 Å². The molecule has 0 atom stereocenters. The number of aromatic nitrogens is 1. The molecule has 1 aromatic heterocycles. The van der Waals surface area contributed by atoms with Crippen molar-refractivity contribution in [2.75, 3.05) is 13.2 Å². The number of aliphatic hydroxyl groups excluding tert-OH is 1. The molecule has 0 unspecified atom stereocenters. The predicted molar refractivity (Wildman–Crippen MR) is 75.5 cm³/mol. The number of carbonyl (C=O) groups excluding carboxylic acids is 1. The number of terminal acetylenes is 1. The van der Waals surface area contributed by atoms with Crippen LogP contribution < -0.4 is 10.1 Å². The summed E-state index contributed by atoms with van der Waals surface area (Å²) in [6.07, 6.45) is 7.70. The minimum absolute atomic E-state index is 0.0935. The Kier molecular flexibility index (Phi) is 7.65. The van der Waals surface area contributed by atoms with Gasteiger partial charge in [0.2, 0.25) is 0 Å². The highest BCUT2D eigenvalue weighted by Gasteiger charge is 2.11. The molecule has 0 saturated heterocycles. The summed E-state index contributed by atoms with van der Waals surface area (Å²) in [6.45, 7) is 0.712. The van der Waals surface area contributed by atoms with E-state index in [2.05, 4.69) is 16.2 Å². The topological polar surface area (TPSA) is 91.7 Å². The first-order valence-corrected chi connectivity index (χ1v) is 7.11. The van der Waals surface area contributed by atoms with Crippen molar-refractivity contribution in [1.82, 2.24) is 10.3 Å². The van der Waals surface area contributed by atoms with Crippen LogP contribution in [0.4, 0.5) is 0 Å².